The maximum absolute atomic E-state index is 5.29. The molecule has 96 valence electrons. The van der Waals surface area contributed by atoms with Crippen LogP contribution in [0.5, 0.6) is 0 Å². The van der Waals surface area contributed by atoms with Crippen LogP contribution in [0.25, 0.3) is 11.3 Å². The van der Waals surface area contributed by atoms with E-state index in [4.69, 9.17) is 4.42 Å². The lowest BCUT2D eigenvalue weighted by atomic mass is 10.1. The van der Waals surface area contributed by atoms with E-state index < -0.39 is 0 Å². The quantitative estimate of drug-likeness (QED) is 0.736. The summed E-state index contributed by atoms with van der Waals surface area (Å²) in [7, 11) is 0. The molecule has 3 heteroatoms. The van der Waals surface area contributed by atoms with Gasteiger partial charge >= 0.3 is 0 Å². The third-order valence-corrected chi connectivity index (χ3v) is 2.94. The minimum Gasteiger partial charge on any atom is -0.444 e. The molecule has 0 amide bonds. The predicted octanol–water partition coefficient (Wildman–Crippen LogP) is 4.33. The molecule has 0 aliphatic heterocycles. The van der Waals surface area contributed by atoms with E-state index in [2.05, 4.69) is 29.4 Å². The van der Waals surface area contributed by atoms with Gasteiger partial charge in [-0.2, -0.15) is 0 Å². The second-order valence-electron chi connectivity index (χ2n) is 4.43. The highest BCUT2D eigenvalue weighted by Crippen LogP contribution is 2.21. The molecule has 0 spiro atoms. The highest BCUT2D eigenvalue weighted by atomic mass is 16.3. The van der Waals surface area contributed by atoms with E-state index in [0.717, 1.165) is 23.6 Å². The van der Waals surface area contributed by atoms with Crippen LogP contribution < -0.4 is 5.32 Å². The highest BCUT2D eigenvalue weighted by Gasteiger charge is 2.01. The van der Waals surface area contributed by atoms with E-state index >= 15 is 0 Å². The Morgan fingerprint density at radius 3 is 2.94 bits per heavy atom. The minimum atomic E-state index is 0.810. The molecule has 18 heavy (non-hydrogen) atoms. The zero-order valence-electron chi connectivity index (χ0n) is 10.9. The molecule has 0 atom stereocenters. The number of aromatic nitrogens is 1. The van der Waals surface area contributed by atoms with Gasteiger partial charge in [-0.25, -0.2) is 4.98 Å². The van der Waals surface area contributed by atoms with Crippen molar-refractivity contribution in [2.45, 2.75) is 32.6 Å². The first-order valence-electron chi connectivity index (χ1n) is 6.63. The van der Waals surface area contributed by atoms with Crippen molar-refractivity contribution in [3.05, 3.63) is 36.9 Å². The van der Waals surface area contributed by atoms with Crippen molar-refractivity contribution in [1.82, 2.24) is 4.98 Å². The molecule has 1 aromatic carbocycles. The van der Waals surface area contributed by atoms with Crippen molar-refractivity contribution in [1.29, 1.82) is 0 Å². The second kappa shape index (κ2) is 6.84. The standard InChI is InChI=1S/C15H20N2O/c1-2-3-4-5-9-17-14-8-6-7-13(10-14)15-11-16-12-18-15/h6-8,10-12,17H,2-5,9H2,1H3. The Morgan fingerprint density at radius 2 is 2.17 bits per heavy atom. The smallest absolute Gasteiger partial charge is 0.181 e. The molecule has 0 unspecified atom stereocenters. The van der Waals surface area contributed by atoms with Gasteiger partial charge in [-0.3, -0.25) is 0 Å². The third-order valence-electron chi connectivity index (χ3n) is 2.94. The fourth-order valence-electron chi connectivity index (χ4n) is 1.93. The van der Waals surface area contributed by atoms with Gasteiger partial charge in [0.2, 0.25) is 0 Å². The van der Waals surface area contributed by atoms with Crippen LogP contribution in [0.4, 0.5) is 5.69 Å². The van der Waals surface area contributed by atoms with Crippen LogP contribution in [0.2, 0.25) is 0 Å². The first-order chi connectivity index (χ1) is 8.90. The Morgan fingerprint density at radius 1 is 1.22 bits per heavy atom. The number of anilines is 1. The van der Waals surface area contributed by atoms with Crippen molar-refractivity contribution in [3.63, 3.8) is 0 Å². The maximum atomic E-state index is 5.29. The van der Waals surface area contributed by atoms with Gasteiger partial charge in [0.05, 0.1) is 6.20 Å². The van der Waals surface area contributed by atoms with Crippen LogP contribution in [-0.4, -0.2) is 11.5 Å². The minimum absolute atomic E-state index is 0.810. The normalized spacial score (nSPS) is 10.5. The molecular weight excluding hydrogens is 224 g/mol. The van der Waals surface area contributed by atoms with E-state index in [1.54, 1.807) is 6.20 Å². The van der Waals surface area contributed by atoms with E-state index in [0.29, 0.717) is 0 Å². The van der Waals surface area contributed by atoms with E-state index in [1.165, 1.54) is 32.1 Å². The fourth-order valence-corrected chi connectivity index (χ4v) is 1.93. The molecule has 0 radical (unpaired) electrons. The number of hydrogen-bond acceptors (Lipinski definition) is 3. The van der Waals surface area contributed by atoms with Crippen LogP contribution in [0.3, 0.4) is 0 Å². The lowest BCUT2D eigenvalue weighted by Gasteiger charge is -2.07. The van der Waals surface area contributed by atoms with E-state index in [1.807, 2.05) is 12.1 Å². The summed E-state index contributed by atoms with van der Waals surface area (Å²) in [5.74, 6) is 0.810. The predicted molar refractivity (Wildman–Crippen MR) is 74.6 cm³/mol. The summed E-state index contributed by atoms with van der Waals surface area (Å²) in [6.07, 6.45) is 8.31. The van der Waals surface area contributed by atoms with E-state index in [-0.39, 0.29) is 0 Å². The Kier molecular flexibility index (Phi) is 4.82. The molecule has 0 saturated carbocycles. The van der Waals surface area contributed by atoms with Crippen LogP contribution in [0.15, 0.2) is 41.3 Å². The zero-order chi connectivity index (χ0) is 12.6. The fraction of sp³-hybridized carbons (Fsp3) is 0.400. The average molecular weight is 244 g/mol. The van der Waals surface area contributed by atoms with Gasteiger partial charge in [0.15, 0.2) is 12.2 Å². The first-order valence-corrected chi connectivity index (χ1v) is 6.63. The molecule has 2 rings (SSSR count). The number of benzene rings is 1. The summed E-state index contributed by atoms with van der Waals surface area (Å²) in [5.41, 5.74) is 2.20. The maximum Gasteiger partial charge on any atom is 0.181 e. The van der Waals surface area contributed by atoms with Crippen molar-refractivity contribution in [2.75, 3.05) is 11.9 Å². The summed E-state index contributed by atoms with van der Waals surface area (Å²) >= 11 is 0. The molecule has 1 N–H and O–H groups in total. The molecule has 0 aliphatic rings. The molecule has 2 aromatic rings. The molecular formula is C15H20N2O. The van der Waals surface area contributed by atoms with Gasteiger partial charge < -0.3 is 9.73 Å². The van der Waals surface area contributed by atoms with Gasteiger partial charge in [0.25, 0.3) is 0 Å². The molecule has 0 aliphatic carbocycles. The highest BCUT2D eigenvalue weighted by molar-refractivity contribution is 5.63. The Labute approximate surface area is 108 Å². The molecule has 3 nitrogen and oxygen atoms in total. The van der Waals surface area contributed by atoms with Crippen LogP contribution in [0, 0.1) is 0 Å². The lowest BCUT2D eigenvalue weighted by Crippen LogP contribution is -2.01. The van der Waals surface area contributed by atoms with Crippen molar-refractivity contribution in [3.8, 4) is 11.3 Å². The van der Waals surface area contributed by atoms with Crippen LogP contribution in [0.1, 0.15) is 32.6 Å². The summed E-state index contributed by atoms with van der Waals surface area (Å²) in [5, 5.41) is 3.44. The van der Waals surface area contributed by atoms with Crippen molar-refractivity contribution >= 4 is 5.69 Å². The Balaban J connectivity index is 1.88. The number of nitrogens with zero attached hydrogens (tertiary/aromatic N) is 1. The van der Waals surface area contributed by atoms with Gasteiger partial charge in [-0.15, -0.1) is 0 Å². The third kappa shape index (κ3) is 3.62. The van der Waals surface area contributed by atoms with Gasteiger partial charge in [0.1, 0.15) is 0 Å². The van der Waals surface area contributed by atoms with Crippen LogP contribution >= 0.6 is 0 Å². The van der Waals surface area contributed by atoms with Gasteiger partial charge in [-0.05, 0) is 18.6 Å². The first kappa shape index (κ1) is 12.7. The van der Waals surface area contributed by atoms with Crippen molar-refractivity contribution in [2.24, 2.45) is 0 Å². The summed E-state index contributed by atoms with van der Waals surface area (Å²) < 4.78 is 5.29. The summed E-state index contributed by atoms with van der Waals surface area (Å²) in [6, 6.07) is 8.25. The summed E-state index contributed by atoms with van der Waals surface area (Å²) in [4.78, 5) is 3.94. The largest absolute Gasteiger partial charge is 0.444 e. The van der Waals surface area contributed by atoms with Gasteiger partial charge in [0, 0.05) is 17.8 Å². The number of oxazole rings is 1. The molecule has 0 bridgehead atoms. The van der Waals surface area contributed by atoms with Crippen LogP contribution in [-0.2, 0) is 0 Å². The number of hydrogen-bond donors (Lipinski definition) is 1. The molecule has 0 saturated heterocycles. The summed E-state index contributed by atoms with van der Waals surface area (Å²) in [6.45, 7) is 3.26. The molecule has 0 fully saturated rings. The number of rotatable bonds is 7. The lowest BCUT2D eigenvalue weighted by molar-refractivity contribution is 0.572. The van der Waals surface area contributed by atoms with Crippen molar-refractivity contribution < 1.29 is 4.42 Å². The SMILES string of the molecule is CCCCCCNc1cccc(-c2cnco2)c1. The average Bonchev–Trinajstić information content (AvgIpc) is 2.93. The molecule has 1 heterocycles. The zero-order valence-corrected chi connectivity index (χ0v) is 10.9. The monoisotopic (exact) mass is 244 g/mol. The number of nitrogens with one attached hydrogen (secondary N) is 1. The van der Waals surface area contributed by atoms with Gasteiger partial charge in [-0.1, -0.05) is 38.3 Å². The Bertz CT molecular complexity index is 451. The topological polar surface area (TPSA) is 38.1 Å². The Hall–Kier alpha value is -1.77. The van der Waals surface area contributed by atoms with E-state index in [9.17, 15) is 0 Å². The number of unbranched alkanes of at least 4 members (excludes halogenated alkanes) is 3. The molecule has 1 aromatic heterocycles. The second-order valence-corrected chi connectivity index (χ2v) is 4.43.